The van der Waals surface area contributed by atoms with Gasteiger partial charge in [-0.25, -0.2) is 5.10 Å². The lowest BCUT2D eigenvalue weighted by Crippen LogP contribution is -2.14. The second kappa shape index (κ2) is 4.51. The first-order valence-electron chi connectivity index (χ1n) is 5.01. The minimum Gasteiger partial charge on any atom is -0.268 e. The maximum absolute atomic E-state index is 11.4. The van der Waals surface area contributed by atoms with Crippen LogP contribution in [0.3, 0.4) is 0 Å². The molecule has 1 aromatic carbocycles. The molecule has 1 heterocycles. The van der Waals surface area contributed by atoms with E-state index in [0.717, 1.165) is 11.1 Å². The predicted molar refractivity (Wildman–Crippen MR) is 69.8 cm³/mol. The summed E-state index contributed by atoms with van der Waals surface area (Å²) in [5.74, 6) is 0. The number of rotatable bonds is 1. The van der Waals surface area contributed by atoms with Gasteiger partial charge in [-0.3, -0.25) is 4.79 Å². The molecule has 0 aliphatic rings. The van der Waals surface area contributed by atoms with Crippen LogP contribution >= 0.6 is 23.2 Å². The summed E-state index contributed by atoms with van der Waals surface area (Å²) in [6.07, 6.45) is 0. The van der Waals surface area contributed by atoms with E-state index >= 15 is 0 Å². The number of nitrogens with one attached hydrogen (secondary N) is 1. The van der Waals surface area contributed by atoms with Crippen molar-refractivity contribution in [2.45, 2.75) is 13.8 Å². The molecule has 2 rings (SSSR count). The topological polar surface area (TPSA) is 45.8 Å². The van der Waals surface area contributed by atoms with Crippen molar-refractivity contribution in [2.75, 3.05) is 0 Å². The summed E-state index contributed by atoms with van der Waals surface area (Å²) < 4.78 is 0. The summed E-state index contributed by atoms with van der Waals surface area (Å²) in [4.78, 5) is 11.4. The van der Waals surface area contributed by atoms with Crippen LogP contribution in [0.5, 0.6) is 0 Å². The summed E-state index contributed by atoms with van der Waals surface area (Å²) in [6.45, 7) is 3.60. The highest BCUT2D eigenvalue weighted by atomic mass is 35.5. The van der Waals surface area contributed by atoms with E-state index in [2.05, 4.69) is 10.2 Å². The molecule has 1 aromatic heterocycles. The molecule has 3 nitrogen and oxygen atoms in total. The third-order valence-corrected chi connectivity index (χ3v) is 3.10. The van der Waals surface area contributed by atoms with Gasteiger partial charge in [0.25, 0.3) is 5.56 Å². The Morgan fingerprint density at radius 1 is 1.06 bits per heavy atom. The highest BCUT2D eigenvalue weighted by molar-refractivity contribution is 6.35. The number of hydrogen-bond acceptors (Lipinski definition) is 2. The number of halogens is 2. The van der Waals surface area contributed by atoms with Crippen LogP contribution in [0.2, 0.25) is 10.0 Å². The van der Waals surface area contributed by atoms with Crippen molar-refractivity contribution in [3.63, 3.8) is 0 Å². The van der Waals surface area contributed by atoms with Crippen LogP contribution in [-0.2, 0) is 0 Å². The molecule has 0 aliphatic heterocycles. The maximum Gasteiger partial charge on any atom is 0.267 e. The fourth-order valence-corrected chi connectivity index (χ4v) is 2.12. The second-order valence-corrected chi connectivity index (χ2v) is 4.68. The molecule has 0 atom stereocenters. The van der Waals surface area contributed by atoms with Crippen LogP contribution in [0.25, 0.3) is 11.3 Å². The van der Waals surface area contributed by atoms with Gasteiger partial charge in [0, 0.05) is 21.2 Å². The van der Waals surface area contributed by atoms with Crippen molar-refractivity contribution in [3.05, 3.63) is 49.7 Å². The average molecular weight is 269 g/mol. The van der Waals surface area contributed by atoms with Crippen LogP contribution in [0.1, 0.15) is 11.1 Å². The lowest BCUT2D eigenvalue weighted by Gasteiger charge is -2.07. The molecule has 0 saturated heterocycles. The standard InChI is InChI=1S/C12H10Cl2N2O/c1-6-7(2)12(17)16-15-11(6)8-3-9(13)5-10(14)4-8/h3-5H,1-2H3,(H,16,17). The predicted octanol–water partition coefficient (Wildman–Crippen LogP) is 3.36. The number of H-pyrrole nitrogens is 1. The van der Waals surface area contributed by atoms with Gasteiger partial charge in [0.05, 0.1) is 5.69 Å². The normalized spacial score (nSPS) is 10.6. The number of nitrogens with zero attached hydrogens (tertiary/aromatic N) is 1. The zero-order chi connectivity index (χ0) is 12.6. The third kappa shape index (κ3) is 2.35. The molecule has 0 amide bonds. The minimum absolute atomic E-state index is 0.181. The lowest BCUT2D eigenvalue weighted by molar-refractivity contribution is 0.959. The van der Waals surface area contributed by atoms with Crippen LogP contribution in [0, 0.1) is 13.8 Å². The van der Waals surface area contributed by atoms with Crippen LogP contribution in [-0.4, -0.2) is 10.2 Å². The molecule has 0 radical (unpaired) electrons. The summed E-state index contributed by atoms with van der Waals surface area (Å²) in [7, 11) is 0. The van der Waals surface area contributed by atoms with Gasteiger partial charge in [-0.15, -0.1) is 0 Å². The molecular weight excluding hydrogens is 259 g/mol. The first-order chi connectivity index (χ1) is 7.99. The summed E-state index contributed by atoms with van der Waals surface area (Å²) in [5.41, 5.74) is 2.77. The second-order valence-electron chi connectivity index (χ2n) is 3.81. The summed E-state index contributed by atoms with van der Waals surface area (Å²) in [5, 5.41) is 7.57. The quantitative estimate of drug-likeness (QED) is 0.862. The highest BCUT2D eigenvalue weighted by Gasteiger charge is 2.10. The van der Waals surface area contributed by atoms with E-state index in [1.165, 1.54) is 0 Å². The van der Waals surface area contributed by atoms with Gasteiger partial charge in [0.15, 0.2) is 0 Å². The first kappa shape index (κ1) is 12.1. The minimum atomic E-state index is -0.181. The molecule has 0 aliphatic carbocycles. The van der Waals surface area contributed by atoms with E-state index < -0.39 is 0 Å². The molecule has 0 saturated carbocycles. The fraction of sp³-hybridized carbons (Fsp3) is 0.167. The van der Waals surface area contributed by atoms with Gasteiger partial charge in [-0.05, 0) is 37.6 Å². The monoisotopic (exact) mass is 268 g/mol. The van der Waals surface area contributed by atoms with Crippen molar-refractivity contribution in [1.82, 2.24) is 10.2 Å². The van der Waals surface area contributed by atoms with E-state index in [1.807, 2.05) is 6.92 Å². The van der Waals surface area contributed by atoms with Crippen molar-refractivity contribution in [2.24, 2.45) is 0 Å². The van der Waals surface area contributed by atoms with E-state index in [-0.39, 0.29) is 5.56 Å². The first-order valence-corrected chi connectivity index (χ1v) is 5.77. The van der Waals surface area contributed by atoms with Crippen molar-refractivity contribution < 1.29 is 0 Å². The Morgan fingerprint density at radius 2 is 1.65 bits per heavy atom. The van der Waals surface area contributed by atoms with Crippen molar-refractivity contribution in [3.8, 4) is 11.3 Å². The number of hydrogen-bond donors (Lipinski definition) is 1. The maximum atomic E-state index is 11.4. The lowest BCUT2D eigenvalue weighted by atomic mass is 10.0. The highest BCUT2D eigenvalue weighted by Crippen LogP contribution is 2.27. The van der Waals surface area contributed by atoms with Crippen molar-refractivity contribution >= 4 is 23.2 Å². The Kier molecular flexibility index (Phi) is 3.22. The van der Waals surface area contributed by atoms with Crippen LogP contribution < -0.4 is 5.56 Å². The Hall–Kier alpha value is -1.32. The summed E-state index contributed by atoms with van der Waals surface area (Å²) in [6, 6.07) is 5.18. The Morgan fingerprint density at radius 3 is 2.24 bits per heavy atom. The van der Waals surface area contributed by atoms with Crippen LogP contribution in [0.15, 0.2) is 23.0 Å². The molecule has 0 bridgehead atoms. The fourth-order valence-electron chi connectivity index (χ4n) is 1.59. The molecule has 88 valence electrons. The van der Waals surface area contributed by atoms with Gasteiger partial charge < -0.3 is 0 Å². The molecule has 1 N–H and O–H groups in total. The molecule has 5 heteroatoms. The molecule has 17 heavy (non-hydrogen) atoms. The van der Waals surface area contributed by atoms with Gasteiger partial charge in [0.1, 0.15) is 0 Å². The number of aromatic amines is 1. The zero-order valence-corrected chi connectivity index (χ0v) is 10.9. The van der Waals surface area contributed by atoms with Crippen LogP contribution in [0.4, 0.5) is 0 Å². The van der Waals surface area contributed by atoms with E-state index in [4.69, 9.17) is 23.2 Å². The average Bonchev–Trinajstić information content (AvgIpc) is 2.24. The van der Waals surface area contributed by atoms with Gasteiger partial charge in [0.2, 0.25) is 0 Å². The molecular formula is C12H10Cl2N2O. The largest absolute Gasteiger partial charge is 0.268 e. The smallest absolute Gasteiger partial charge is 0.267 e. The third-order valence-electron chi connectivity index (χ3n) is 2.66. The number of aromatic nitrogens is 2. The van der Waals surface area contributed by atoms with Gasteiger partial charge >= 0.3 is 0 Å². The SMILES string of the molecule is Cc1c(-c2cc(Cl)cc(Cl)c2)n[nH]c(=O)c1C. The Bertz CT molecular complexity index is 615. The van der Waals surface area contributed by atoms with E-state index in [1.54, 1.807) is 25.1 Å². The van der Waals surface area contributed by atoms with E-state index in [9.17, 15) is 4.79 Å². The van der Waals surface area contributed by atoms with Crippen molar-refractivity contribution in [1.29, 1.82) is 0 Å². The Balaban J connectivity index is 2.69. The molecule has 0 fully saturated rings. The molecule has 0 unspecified atom stereocenters. The van der Waals surface area contributed by atoms with Gasteiger partial charge in [-0.2, -0.15) is 5.10 Å². The van der Waals surface area contributed by atoms with Gasteiger partial charge in [-0.1, -0.05) is 23.2 Å². The molecule has 2 aromatic rings. The summed E-state index contributed by atoms with van der Waals surface area (Å²) >= 11 is 11.9. The van der Waals surface area contributed by atoms with E-state index in [0.29, 0.717) is 21.3 Å². The Labute approximate surface area is 108 Å². The zero-order valence-electron chi connectivity index (χ0n) is 9.34. The molecule has 0 spiro atoms. The number of benzene rings is 1.